The van der Waals surface area contributed by atoms with Crippen molar-refractivity contribution >= 4 is 11.6 Å². The van der Waals surface area contributed by atoms with Gasteiger partial charge in [-0.15, -0.1) is 0 Å². The SMILES string of the molecule is CCN(CC)Cc1cnc2c(C(=O)NCC[C@@H]3CCCN3C)cnn2c1. The van der Waals surface area contributed by atoms with Gasteiger partial charge in [-0.05, 0) is 45.9 Å². The van der Waals surface area contributed by atoms with Gasteiger partial charge >= 0.3 is 0 Å². The molecule has 0 spiro atoms. The van der Waals surface area contributed by atoms with Gasteiger partial charge in [-0.1, -0.05) is 13.8 Å². The molecule has 0 bridgehead atoms. The number of carbonyl (C=O) groups excluding carboxylic acids is 1. The summed E-state index contributed by atoms with van der Waals surface area (Å²) in [6.45, 7) is 8.98. The van der Waals surface area contributed by atoms with Crippen molar-refractivity contribution in [2.45, 2.75) is 45.7 Å². The van der Waals surface area contributed by atoms with Crippen LogP contribution in [0.1, 0.15) is 49.0 Å². The zero-order valence-corrected chi connectivity index (χ0v) is 16.1. The van der Waals surface area contributed by atoms with Gasteiger partial charge in [0, 0.05) is 37.1 Å². The van der Waals surface area contributed by atoms with Gasteiger partial charge in [-0.2, -0.15) is 5.10 Å². The molecule has 0 unspecified atom stereocenters. The summed E-state index contributed by atoms with van der Waals surface area (Å²) in [7, 11) is 2.16. The Morgan fingerprint density at radius 1 is 1.35 bits per heavy atom. The number of amides is 1. The number of rotatable bonds is 8. The van der Waals surface area contributed by atoms with Crippen LogP contribution in [-0.4, -0.2) is 69.6 Å². The summed E-state index contributed by atoms with van der Waals surface area (Å²) in [5, 5.41) is 7.35. The lowest BCUT2D eigenvalue weighted by atomic mass is 10.1. The van der Waals surface area contributed by atoms with E-state index in [9.17, 15) is 4.79 Å². The molecule has 7 heteroatoms. The average molecular weight is 358 g/mol. The Morgan fingerprint density at radius 3 is 2.85 bits per heavy atom. The molecule has 7 nitrogen and oxygen atoms in total. The van der Waals surface area contributed by atoms with Gasteiger partial charge in [0.2, 0.25) is 0 Å². The highest BCUT2D eigenvalue weighted by molar-refractivity contribution is 5.99. The molecule has 0 radical (unpaired) electrons. The molecule has 1 saturated heterocycles. The fourth-order valence-corrected chi connectivity index (χ4v) is 3.65. The van der Waals surface area contributed by atoms with Crippen molar-refractivity contribution in [2.75, 3.05) is 33.2 Å². The van der Waals surface area contributed by atoms with E-state index in [0.29, 0.717) is 23.8 Å². The molecule has 1 aliphatic heterocycles. The fraction of sp³-hybridized carbons (Fsp3) is 0.632. The number of aromatic nitrogens is 3. The molecule has 1 amide bonds. The van der Waals surface area contributed by atoms with Crippen LogP contribution in [0.25, 0.3) is 5.65 Å². The molecule has 2 aromatic heterocycles. The lowest BCUT2D eigenvalue weighted by molar-refractivity contribution is 0.0951. The number of likely N-dealkylation sites (tertiary alicyclic amines) is 1. The molecular formula is C19H30N6O. The number of carbonyl (C=O) groups is 1. The molecule has 1 N–H and O–H groups in total. The van der Waals surface area contributed by atoms with Gasteiger partial charge in [-0.3, -0.25) is 9.69 Å². The number of hydrogen-bond acceptors (Lipinski definition) is 5. The fourth-order valence-electron chi connectivity index (χ4n) is 3.65. The number of nitrogens with one attached hydrogen (secondary N) is 1. The van der Waals surface area contributed by atoms with Gasteiger partial charge in [0.15, 0.2) is 5.65 Å². The first kappa shape index (κ1) is 18.8. The molecule has 1 atom stereocenters. The van der Waals surface area contributed by atoms with E-state index >= 15 is 0 Å². The summed E-state index contributed by atoms with van der Waals surface area (Å²) in [5.74, 6) is -0.0929. The molecule has 0 aromatic carbocycles. The minimum Gasteiger partial charge on any atom is -0.352 e. The van der Waals surface area contributed by atoms with E-state index in [0.717, 1.165) is 38.2 Å². The first-order chi connectivity index (χ1) is 12.6. The Morgan fingerprint density at radius 2 is 2.15 bits per heavy atom. The van der Waals surface area contributed by atoms with E-state index in [1.54, 1.807) is 10.7 Å². The number of fused-ring (bicyclic) bond motifs is 1. The van der Waals surface area contributed by atoms with Crippen LogP contribution in [0.3, 0.4) is 0 Å². The molecule has 0 saturated carbocycles. The number of nitrogens with zero attached hydrogens (tertiary/aromatic N) is 5. The van der Waals surface area contributed by atoms with Crippen molar-refractivity contribution in [1.29, 1.82) is 0 Å². The lowest BCUT2D eigenvalue weighted by Crippen LogP contribution is -2.31. The summed E-state index contributed by atoms with van der Waals surface area (Å²) in [6, 6.07) is 0.583. The zero-order chi connectivity index (χ0) is 18.5. The Bertz CT molecular complexity index is 739. The molecule has 1 aliphatic rings. The van der Waals surface area contributed by atoms with E-state index in [2.05, 4.69) is 46.1 Å². The van der Waals surface area contributed by atoms with Crippen molar-refractivity contribution in [2.24, 2.45) is 0 Å². The Kier molecular flexibility index (Phi) is 6.21. The van der Waals surface area contributed by atoms with Gasteiger partial charge in [-0.25, -0.2) is 9.50 Å². The second-order valence-corrected chi connectivity index (χ2v) is 7.07. The highest BCUT2D eigenvalue weighted by atomic mass is 16.1. The van der Waals surface area contributed by atoms with Crippen molar-refractivity contribution in [3.05, 3.63) is 29.7 Å². The largest absolute Gasteiger partial charge is 0.352 e. The van der Waals surface area contributed by atoms with E-state index < -0.39 is 0 Å². The minimum absolute atomic E-state index is 0.0929. The second-order valence-electron chi connectivity index (χ2n) is 7.07. The van der Waals surface area contributed by atoms with Crippen molar-refractivity contribution in [3.63, 3.8) is 0 Å². The Labute approximate surface area is 155 Å². The highest BCUT2D eigenvalue weighted by Crippen LogP contribution is 2.17. The first-order valence-electron chi connectivity index (χ1n) is 9.65. The Balaban J connectivity index is 1.61. The van der Waals surface area contributed by atoms with Crippen molar-refractivity contribution in [1.82, 2.24) is 29.7 Å². The first-order valence-corrected chi connectivity index (χ1v) is 9.65. The smallest absolute Gasteiger partial charge is 0.256 e. The Hall–Kier alpha value is -1.99. The van der Waals surface area contributed by atoms with E-state index in [4.69, 9.17) is 0 Å². The standard InChI is InChI=1S/C19H30N6O/c1-4-24(5-2)13-15-11-21-18-17(12-22-25(18)14-15)19(26)20-9-8-16-7-6-10-23(16)3/h11-12,14,16H,4-10,13H2,1-3H3,(H,20,26)/t16-/m0/s1. The van der Waals surface area contributed by atoms with Crippen LogP contribution in [0.15, 0.2) is 18.6 Å². The molecule has 2 aromatic rings. The van der Waals surface area contributed by atoms with Crippen LogP contribution in [0.4, 0.5) is 0 Å². The summed E-state index contributed by atoms with van der Waals surface area (Å²) in [6.07, 6.45) is 8.89. The maximum absolute atomic E-state index is 12.5. The van der Waals surface area contributed by atoms with E-state index in [1.165, 1.54) is 12.8 Å². The quantitative estimate of drug-likeness (QED) is 0.779. The summed E-state index contributed by atoms with van der Waals surface area (Å²) >= 11 is 0. The van der Waals surface area contributed by atoms with Crippen LogP contribution in [0, 0.1) is 0 Å². The zero-order valence-electron chi connectivity index (χ0n) is 16.1. The molecule has 26 heavy (non-hydrogen) atoms. The van der Waals surface area contributed by atoms with Gasteiger partial charge in [0.1, 0.15) is 5.56 Å². The van der Waals surface area contributed by atoms with Gasteiger partial charge in [0.25, 0.3) is 5.91 Å². The minimum atomic E-state index is -0.0929. The predicted octanol–water partition coefficient (Wildman–Crippen LogP) is 1.79. The third kappa shape index (κ3) is 4.22. The van der Waals surface area contributed by atoms with Gasteiger partial charge < -0.3 is 10.2 Å². The second kappa shape index (κ2) is 8.60. The van der Waals surface area contributed by atoms with Crippen molar-refractivity contribution in [3.8, 4) is 0 Å². The van der Waals surface area contributed by atoms with Crippen LogP contribution in [0.2, 0.25) is 0 Å². The van der Waals surface area contributed by atoms with E-state index in [1.807, 2.05) is 12.4 Å². The normalized spacial score (nSPS) is 18.1. The molecule has 0 aliphatic carbocycles. The predicted molar refractivity (Wildman–Crippen MR) is 102 cm³/mol. The van der Waals surface area contributed by atoms with Crippen molar-refractivity contribution < 1.29 is 4.79 Å². The average Bonchev–Trinajstić information content (AvgIpc) is 3.25. The molecule has 142 valence electrons. The van der Waals surface area contributed by atoms with Gasteiger partial charge in [0.05, 0.1) is 6.20 Å². The molecule has 3 heterocycles. The van der Waals surface area contributed by atoms with Crippen LogP contribution in [-0.2, 0) is 6.54 Å². The monoisotopic (exact) mass is 358 g/mol. The third-order valence-corrected chi connectivity index (χ3v) is 5.39. The molecule has 3 rings (SSSR count). The van der Waals surface area contributed by atoms with Crippen LogP contribution in [0.5, 0.6) is 0 Å². The third-order valence-electron chi connectivity index (χ3n) is 5.39. The molecule has 1 fully saturated rings. The maximum atomic E-state index is 12.5. The summed E-state index contributed by atoms with van der Waals surface area (Å²) in [5.41, 5.74) is 2.25. The molecular weight excluding hydrogens is 328 g/mol. The highest BCUT2D eigenvalue weighted by Gasteiger charge is 2.21. The summed E-state index contributed by atoms with van der Waals surface area (Å²) < 4.78 is 1.71. The maximum Gasteiger partial charge on any atom is 0.256 e. The topological polar surface area (TPSA) is 65.8 Å². The number of hydrogen-bond donors (Lipinski definition) is 1. The van der Waals surface area contributed by atoms with E-state index in [-0.39, 0.29) is 5.91 Å². The van der Waals surface area contributed by atoms with Crippen LogP contribution >= 0.6 is 0 Å². The van der Waals surface area contributed by atoms with Crippen LogP contribution < -0.4 is 5.32 Å². The summed E-state index contributed by atoms with van der Waals surface area (Å²) in [4.78, 5) is 21.7. The lowest BCUT2D eigenvalue weighted by Gasteiger charge is -2.19.